The third kappa shape index (κ3) is 3.50. The number of carboxylic acid groups (broad SMARTS) is 1. The summed E-state index contributed by atoms with van der Waals surface area (Å²) >= 11 is 5.56. The number of hydrogen-bond donors (Lipinski definition) is 2. The largest absolute Gasteiger partial charge is 0.480 e. The summed E-state index contributed by atoms with van der Waals surface area (Å²) in [7, 11) is 0. The lowest BCUT2D eigenvalue weighted by atomic mass is 9.98. The molecule has 1 N–H and O–H groups in total. The molecule has 1 heterocycles. The molecule has 1 aromatic rings. The first kappa shape index (κ1) is 12.5. The van der Waals surface area contributed by atoms with Crippen LogP contribution in [0.25, 0.3) is 0 Å². The quantitative estimate of drug-likeness (QED) is 0.804. The minimum Gasteiger partial charge on any atom is -0.480 e. The molecule has 0 radical (unpaired) electrons. The van der Waals surface area contributed by atoms with E-state index in [4.69, 9.17) is 5.11 Å². The fourth-order valence-corrected chi connectivity index (χ4v) is 2.14. The summed E-state index contributed by atoms with van der Waals surface area (Å²) in [5, 5.41) is 11.0. The molecule has 3 nitrogen and oxygen atoms in total. The van der Waals surface area contributed by atoms with Crippen LogP contribution in [0.1, 0.15) is 31.5 Å². The van der Waals surface area contributed by atoms with E-state index in [1.54, 1.807) is 11.3 Å². The lowest BCUT2D eigenvalue weighted by Crippen LogP contribution is -2.17. The molecule has 15 heavy (non-hydrogen) atoms. The highest BCUT2D eigenvalue weighted by molar-refractivity contribution is 7.81. The van der Waals surface area contributed by atoms with Gasteiger partial charge in [0.25, 0.3) is 0 Å². The van der Waals surface area contributed by atoms with Crippen LogP contribution in [0.3, 0.4) is 0 Å². The number of hydrogen-bond acceptors (Lipinski definition) is 4. The molecule has 1 atom stereocenters. The predicted molar refractivity (Wildman–Crippen MR) is 64.9 cm³/mol. The number of aromatic nitrogens is 1. The minimum atomic E-state index is -0.899. The zero-order valence-corrected chi connectivity index (χ0v) is 10.7. The molecule has 1 rings (SSSR count). The molecule has 1 aromatic heterocycles. The number of carboxylic acids is 1. The van der Waals surface area contributed by atoms with Crippen LogP contribution in [0, 0.1) is 0 Å². The molecule has 1 unspecified atom stereocenters. The maximum Gasteiger partial charge on any atom is 0.316 e. The zero-order chi connectivity index (χ0) is 11.6. The first-order valence-electron chi connectivity index (χ1n) is 4.66. The van der Waals surface area contributed by atoms with Gasteiger partial charge in [0.15, 0.2) is 0 Å². The fourth-order valence-electron chi connectivity index (χ4n) is 1.03. The van der Waals surface area contributed by atoms with Gasteiger partial charge >= 0.3 is 5.97 Å². The van der Waals surface area contributed by atoms with Crippen LogP contribution in [-0.2, 0) is 16.6 Å². The Morgan fingerprint density at radius 1 is 1.67 bits per heavy atom. The average molecular weight is 245 g/mol. The van der Waals surface area contributed by atoms with Gasteiger partial charge in [-0.1, -0.05) is 20.8 Å². The summed E-state index contributed by atoms with van der Waals surface area (Å²) in [5.41, 5.74) is 0.838. The molecule has 5 heteroatoms. The van der Waals surface area contributed by atoms with Crippen molar-refractivity contribution in [2.45, 2.75) is 37.9 Å². The first-order valence-corrected chi connectivity index (χ1v) is 6.06. The molecule has 0 saturated heterocycles. The summed E-state index contributed by atoms with van der Waals surface area (Å²) in [4.78, 5) is 15.0. The summed E-state index contributed by atoms with van der Waals surface area (Å²) < 4.78 is 0. The highest BCUT2D eigenvalue weighted by Gasteiger charge is 2.20. The molecule has 0 aliphatic heterocycles. The van der Waals surface area contributed by atoms with Crippen molar-refractivity contribution >= 4 is 29.9 Å². The predicted octanol–water partition coefficient (Wildman–Crippen LogP) is 2.37. The number of thiazole rings is 1. The lowest BCUT2D eigenvalue weighted by molar-refractivity contribution is -0.136. The van der Waals surface area contributed by atoms with Crippen LogP contribution in [0.15, 0.2) is 5.38 Å². The summed E-state index contributed by atoms with van der Waals surface area (Å²) in [5.74, 6) is -0.899. The molecular formula is C10H15NO2S2. The van der Waals surface area contributed by atoms with E-state index < -0.39 is 11.2 Å². The van der Waals surface area contributed by atoms with Crippen molar-refractivity contribution in [3.8, 4) is 0 Å². The monoisotopic (exact) mass is 245 g/mol. The Balaban J connectivity index is 2.73. The second-order valence-electron chi connectivity index (χ2n) is 4.45. The van der Waals surface area contributed by atoms with Gasteiger partial charge in [0, 0.05) is 17.2 Å². The summed E-state index contributed by atoms with van der Waals surface area (Å²) in [6.45, 7) is 6.26. The van der Waals surface area contributed by atoms with Crippen LogP contribution in [-0.4, -0.2) is 21.3 Å². The van der Waals surface area contributed by atoms with E-state index in [9.17, 15) is 4.79 Å². The third-order valence-corrected chi connectivity index (χ3v) is 3.60. The van der Waals surface area contributed by atoms with Gasteiger partial charge in [-0.2, -0.15) is 12.6 Å². The molecule has 84 valence electrons. The normalized spacial score (nSPS) is 13.9. The Bertz CT molecular complexity index is 355. The van der Waals surface area contributed by atoms with E-state index in [0.29, 0.717) is 6.42 Å². The molecule has 0 aliphatic rings. The SMILES string of the molecule is CC(C)(C)c1nc(CC(S)C(=O)O)cs1. The van der Waals surface area contributed by atoms with Crippen molar-refractivity contribution in [2.75, 3.05) is 0 Å². The van der Waals surface area contributed by atoms with Gasteiger partial charge in [-0.3, -0.25) is 4.79 Å². The van der Waals surface area contributed by atoms with E-state index in [1.807, 2.05) is 5.38 Å². The molecule has 0 spiro atoms. The summed E-state index contributed by atoms with van der Waals surface area (Å²) in [6, 6.07) is 0. The van der Waals surface area contributed by atoms with Crippen molar-refractivity contribution in [3.63, 3.8) is 0 Å². The second kappa shape index (κ2) is 4.53. The van der Waals surface area contributed by atoms with E-state index in [1.165, 1.54) is 0 Å². The van der Waals surface area contributed by atoms with Crippen molar-refractivity contribution in [2.24, 2.45) is 0 Å². The number of thiol groups is 1. The van der Waals surface area contributed by atoms with Crippen molar-refractivity contribution < 1.29 is 9.90 Å². The maximum atomic E-state index is 10.6. The Kier molecular flexibility index (Phi) is 3.78. The summed E-state index contributed by atoms with van der Waals surface area (Å²) in [6.07, 6.45) is 0.380. The molecule has 0 saturated carbocycles. The van der Waals surface area contributed by atoms with E-state index in [2.05, 4.69) is 38.4 Å². The lowest BCUT2D eigenvalue weighted by Gasteiger charge is -2.13. The van der Waals surface area contributed by atoms with Crippen molar-refractivity contribution in [3.05, 3.63) is 16.1 Å². The number of rotatable bonds is 3. The number of aliphatic carboxylic acids is 1. The van der Waals surface area contributed by atoms with Crippen LogP contribution >= 0.6 is 24.0 Å². The number of carbonyl (C=O) groups is 1. The van der Waals surface area contributed by atoms with Crippen LogP contribution in [0.5, 0.6) is 0 Å². The zero-order valence-electron chi connectivity index (χ0n) is 9.02. The molecule has 0 bridgehead atoms. The van der Waals surface area contributed by atoms with Gasteiger partial charge in [-0.25, -0.2) is 4.98 Å². The maximum absolute atomic E-state index is 10.6. The fraction of sp³-hybridized carbons (Fsp3) is 0.600. The smallest absolute Gasteiger partial charge is 0.316 e. The molecule has 0 aliphatic carbocycles. The molecular weight excluding hydrogens is 230 g/mol. The van der Waals surface area contributed by atoms with Crippen LogP contribution in [0.2, 0.25) is 0 Å². The Morgan fingerprint density at radius 2 is 2.27 bits per heavy atom. The first-order chi connectivity index (χ1) is 6.80. The minimum absolute atomic E-state index is 0.0260. The van der Waals surface area contributed by atoms with E-state index in [-0.39, 0.29) is 5.41 Å². The standard InChI is InChI=1S/C10H15NO2S2/c1-10(2,3)9-11-6(5-15-9)4-7(14)8(12)13/h5,7,14H,4H2,1-3H3,(H,12,13). The Hall–Kier alpha value is -0.550. The van der Waals surface area contributed by atoms with Crippen molar-refractivity contribution in [1.29, 1.82) is 0 Å². The molecule has 0 aromatic carbocycles. The van der Waals surface area contributed by atoms with Gasteiger partial charge in [-0.05, 0) is 0 Å². The Morgan fingerprint density at radius 3 is 2.67 bits per heavy atom. The molecule has 0 fully saturated rings. The van der Waals surface area contributed by atoms with E-state index >= 15 is 0 Å². The second-order valence-corrected chi connectivity index (χ2v) is 5.93. The van der Waals surface area contributed by atoms with Gasteiger partial charge in [0.2, 0.25) is 0 Å². The molecule has 0 amide bonds. The number of nitrogens with zero attached hydrogens (tertiary/aromatic N) is 1. The van der Waals surface area contributed by atoms with Crippen LogP contribution in [0.4, 0.5) is 0 Å². The van der Waals surface area contributed by atoms with Gasteiger partial charge in [0.05, 0.1) is 10.7 Å². The van der Waals surface area contributed by atoms with Gasteiger partial charge in [-0.15, -0.1) is 11.3 Å². The van der Waals surface area contributed by atoms with E-state index in [0.717, 1.165) is 10.7 Å². The Labute approximate surface area is 99.0 Å². The third-order valence-electron chi connectivity index (χ3n) is 1.88. The van der Waals surface area contributed by atoms with Crippen molar-refractivity contribution in [1.82, 2.24) is 4.98 Å². The topological polar surface area (TPSA) is 50.2 Å². The highest BCUT2D eigenvalue weighted by atomic mass is 32.1. The van der Waals surface area contributed by atoms with Gasteiger partial charge < -0.3 is 5.11 Å². The van der Waals surface area contributed by atoms with Gasteiger partial charge in [0.1, 0.15) is 5.25 Å². The van der Waals surface area contributed by atoms with Crippen LogP contribution < -0.4 is 0 Å². The highest BCUT2D eigenvalue weighted by Crippen LogP contribution is 2.26. The average Bonchev–Trinajstić information content (AvgIpc) is 2.51.